The minimum atomic E-state index is -0.629. The number of rotatable bonds is 9. The molecule has 0 aliphatic carbocycles. The van der Waals surface area contributed by atoms with Gasteiger partial charge in [0.15, 0.2) is 0 Å². The van der Waals surface area contributed by atoms with E-state index in [1.54, 1.807) is 37.3 Å². The lowest BCUT2D eigenvalue weighted by molar-refractivity contribution is -0.138. The topological polar surface area (TPSA) is 76.7 Å². The van der Waals surface area contributed by atoms with E-state index in [0.717, 1.165) is 5.56 Å². The summed E-state index contributed by atoms with van der Waals surface area (Å²) in [4.78, 5) is 24.7. The van der Waals surface area contributed by atoms with Crippen LogP contribution in [0.1, 0.15) is 22.8 Å². The van der Waals surface area contributed by atoms with Crippen LogP contribution < -0.4 is 15.4 Å². The molecule has 3 aromatic rings. The van der Waals surface area contributed by atoms with E-state index in [9.17, 15) is 9.59 Å². The normalized spacial score (nSPS) is 10.8. The Balaban J connectivity index is 1.69. The third kappa shape index (κ3) is 6.75. The van der Waals surface area contributed by atoms with E-state index in [1.807, 2.05) is 54.6 Å². The van der Waals surface area contributed by atoms with Gasteiger partial charge >= 0.3 is 5.97 Å². The number of anilines is 1. The lowest BCUT2D eigenvalue weighted by atomic mass is 10.2. The number of hydrogen-bond donors (Lipinski definition) is 2. The van der Waals surface area contributed by atoms with Crippen molar-refractivity contribution < 1.29 is 19.1 Å². The van der Waals surface area contributed by atoms with Crippen LogP contribution in [0.25, 0.3) is 0 Å². The molecule has 1 amide bonds. The van der Waals surface area contributed by atoms with Gasteiger partial charge in [0, 0.05) is 23.5 Å². The summed E-state index contributed by atoms with van der Waals surface area (Å²) in [6, 6.07) is 25.8. The quantitative estimate of drug-likeness (QED) is 0.396. The summed E-state index contributed by atoms with van der Waals surface area (Å²) in [7, 11) is 0. The van der Waals surface area contributed by atoms with Crippen molar-refractivity contribution in [2.45, 2.75) is 13.5 Å². The first kappa shape index (κ1) is 21.6. The van der Waals surface area contributed by atoms with Crippen molar-refractivity contribution in [3.8, 4) is 5.75 Å². The summed E-state index contributed by atoms with van der Waals surface area (Å²) >= 11 is 0. The van der Waals surface area contributed by atoms with Crippen molar-refractivity contribution in [1.29, 1.82) is 0 Å². The van der Waals surface area contributed by atoms with Gasteiger partial charge in [-0.3, -0.25) is 4.79 Å². The summed E-state index contributed by atoms with van der Waals surface area (Å²) in [6.07, 6.45) is 1.41. The third-order valence-corrected chi connectivity index (χ3v) is 4.25. The zero-order valence-electron chi connectivity index (χ0n) is 17.2. The number of hydrogen-bond acceptors (Lipinski definition) is 5. The maximum atomic E-state index is 12.4. The number of esters is 1. The molecule has 31 heavy (non-hydrogen) atoms. The molecule has 0 saturated heterocycles. The van der Waals surface area contributed by atoms with Crippen LogP contribution in [0.5, 0.6) is 5.75 Å². The summed E-state index contributed by atoms with van der Waals surface area (Å²) in [5.41, 5.74) is 2.20. The van der Waals surface area contributed by atoms with Crippen LogP contribution in [0, 0.1) is 0 Å². The van der Waals surface area contributed by atoms with Crippen LogP contribution in [0.2, 0.25) is 0 Å². The van der Waals surface area contributed by atoms with Crippen LogP contribution >= 0.6 is 0 Å². The molecule has 0 aliphatic heterocycles. The Labute approximate surface area is 181 Å². The summed E-state index contributed by atoms with van der Waals surface area (Å²) in [5, 5.41) is 5.63. The predicted octanol–water partition coefficient (Wildman–Crippen LogP) is 4.51. The van der Waals surface area contributed by atoms with Crippen LogP contribution in [-0.4, -0.2) is 18.5 Å². The smallest absolute Gasteiger partial charge is 0.356 e. The number of amides is 1. The van der Waals surface area contributed by atoms with Gasteiger partial charge in [-0.05, 0) is 36.8 Å². The average molecular weight is 416 g/mol. The molecule has 3 rings (SSSR count). The fraction of sp³-hybridized carbons (Fsp3) is 0.120. The fourth-order valence-corrected chi connectivity index (χ4v) is 2.71. The molecule has 0 unspecified atom stereocenters. The van der Waals surface area contributed by atoms with Gasteiger partial charge in [0.1, 0.15) is 18.1 Å². The first-order valence-corrected chi connectivity index (χ1v) is 9.92. The van der Waals surface area contributed by atoms with Crippen molar-refractivity contribution in [1.82, 2.24) is 5.32 Å². The second kappa shape index (κ2) is 11.2. The number of carbonyl (C=O) groups excluding carboxylic acids is 2. The Morgan fingerprint density at radius 2 is 1.61 bits per heavy atom. The Kier molecular flexibility index (Phi) is 7.83. The maximum absolute atomic E-state index is 12.4. The van der Waals surface area contributed by atoms with E-state index in [4.69, 9.17) is 9.47 Å². The molecule has 0 aromatic heterocycles. The lowest BCUT2D eigenvalue weighted by Gasteiger charge is -2.11. The van der Waals surface area contributed by atoms with E-state index >= 15 is 0 Å². The Hall–Kier alpha value is -4.06. The molecule has 0 bridgehead atoms. The monoisotopic (exact) mass is 416 g/mol. The number of ether oxygens (including phenoxy) is 2. The highest BCUT2D eigenvalue weighted by Gasteiger charge is 2.15. The highest BCUT2D eigenvalue weighted by atomic mass is 16.5. The SMILES string of the molecule is CCOC(=O)/C(=C\Nc1cccc(OCc2ccccc2)c1)NC(=O)c1ccccc1. The first-order chi connectivity index (χ1) is 15.2. The Bertz CT molecular complexity index is 1030. The van der Waals surface area contributed by atoms with Crippen molar-refractivity contribution in [2.24, 2.45) is 0 Å². The van der Waals surface area contributed by atoms with Crippen LogP contribution in [0.4, 0.5) is 5.69 Å². The van der Waals surface area contributed by atoms with Gasteiger partial charge in [-0.1, -0.05) is 54.6 Å². The molecule has 0 atom stereocenters. The van der Waals surface area contributed by atoms with E-state index in [2.05, 4.69) is 10.6 Å². The number of nitrogens with one attached hydrogen (secondary N) is 2. The minimum Gasteiger partial charge on any atom is -0.489 e. The highest BCUT2D eigenvalue weighted by molar-refractivity contribution is 6.01. The van der Waals surface area contributed by atoms with Crippen molar-refractivity contribution in [2.75, 3.05) is 11.9 Å². The molecule has 158 valence electrons. The van der Waals surface area contributed by atoms with Gasteiger partial charge < -0.3 is 20.1 Å². The highest BCUT2D eigenvalue weighted by Crippen LogP contribution is 2.19. The fourth-order valence-electron chi connectivity index (χ4n) is 2.71. The van der Waals surface area contributed by atoms with Gasteiger partial charge in [0.05, 0.1) is 6.61 Å². The molecule has 0 aliphatic rings. The Morgan fingerprint density at radius 1 is 0.903 bits per heavy atom. The minimum absolute atomic E-state index is 0.00584. The summed E-state index contributed by atoms with van der Waals surface area (Å²) in [5.74, 6) is -0.356. The van der Waals surface area contributed by atoms with Gasteiger partial charge in [0.25, 0.3) is 5.91 Å². The van der Waals surface area contributed by atoms with E-state index in [0.29, 0.717) is 23.6 Å². The molecule has 0 heterocycles. The second-order valence-corrected chi connectivity index (χ2v) is 6.55. The maximum Gasteiger partial charge on any atom is 0.356 e. The van der Waals surface area contributed by atoms with Crippen LogP contribution in [0.15, 0.2) is 96.8 Å². The predicted molar refractivity (Wildman–Crippen MR) is 119 cm³/mol. The van der Waals surface area contributed by atoms with Crippen molar-refractivity contribution >= 4 is 17.6 Å². The molecule has 0 spiro atoms. The van der Waals surface area contributed by atoms with Crippen molar-refractivity contribution in [3.05, 3.63) is 108 Å². The Morgan fingerprint density at radius 3 is 2.32 bits per heavy atom. The van der Waals surface area contributed by atoms with Gasteiger partial charge in [-0.15, -0.1) is 0 Å². The standard InChI is InChI=1S/C25H24N2O4/c1-2-30-25(29)23(27-24(28)20-12-7-4-8-13-20)17-26-21-14-9-15-22(16-21)31-18-19-10-5-3-6-11-19/h3-17,26H,2,18H2,1H3,(H,27,28)/b23-17+. The zero-order valence-corrected chi connectivity index (χ0v) is 17.2. The average Bonchev–Trinajstić information content (AvgIpc) is 2.82. The van der Waals surface area contributed by atoms with E-state index in [1.165, 1.54) is 6.20 Å². The van der Waals surface area contributed by atoms with E-state index < -0.39 is 11.9 Å². The molecular weight excluding hydrogens is 392 g/mol. The molecule has 0 radical (unpaired) electrons. The first-order valence-electron chi connectivity index (χ1n) is 9.92. The number of carbonyl (C=O) groups is 2. The number of benzene rings is 3. The van der Waals surface area contributed by atoms with Gasteiger partial charge in [-0.25, -0.2) is 4.79 Å². The van der Waals surface area contributed by atoms with E-state index in [-0.39, 0.29) is 12.3 Å². The molecule has 3 aromatic carbocycles. The lowest BCUT2D eigenvalue weighted by Crippen LogP contribution is -2.29. The molecule has 6 heteroatoms. The van der Waals surface area contributed by atoms with Gasteiger partial charge in [0.2, 0.25) is 0 Å². The zero-order chi connectivity index (χ0) is 21.9. The molecule has 0 fully saturated rings. The molecule has 2 N–H and O–H groups in total. The molecule has 6 nitrogen and oxygen atoms in total. The van der Waals surface area contributed by atoms with Crippen LogP contribution in [-0.2, 0) is 16.1 Å². The van der Waals surface area contributed by atoms with Crippen LogP contribution in [0.3, 0.4) is 0 Å². The molecular formula is C25H24N2O4. The van der Waals surface area contributed by atoms with Crippen molar-refractivity contribution in [3.63, 3.8) is 0 Å². The largest absolute Gasteiger partial charge is 0.489 e. The van der Waals surface area contributed by atoms with Gasteiger partial charge in [-0.2, -0.15) is 0 Å². The summed E-state index contributed by atoms with van der Waals surface area (Å²) in [6.45, 7) is 2.34. The molecule has 0 saturated carbocycles. The summed E-state index contributed by atoms with van der Waals surface area (Å²) < 4.78 is 10.9. The third-order valence-electron chi connectivity index (χ3n) is 4.25. The second-order valence-electron chi connectivity index (χ2n) is 6.55.